The van der Waals surface area contributed by atoms with Gasteiger partial charge in [-0.05, 0) is 35.5 Å². The summed E-state index contributed by atoms with van der Waals surface area (Å²) in [6, 6.07) is 5.14. The predicted molar refractivity (Wildman–Crippen MR) is 74.6 cm³/mol. The number of carboxylic acid groups (broad SMARTS) is 1. The van der Waals surface area contributed by atoms with Gasteiger partial charge in [-0.25, -0.2) is 4.79 Å². The minimum Gasteiger partial charge on any atom is -0.496 e. The number of ether oxygens (including phenoxy) is 1. The van der Waals surface area contributed by atoms with Gasteiger partial charge in [0.15, 0.2) is 0 Å². The SMILES string of the molecule is COc1cc(C=CC(=O)O)ccc1SC(=O)N(C)C. The molecule has 0 aliphatic rings. The molecule has 19 heavy (non-hydrogen) atoms. The van der Waals surface area contributed by atoms with E-state index < -0.39 is 5.97 Å². The molecule has 1 amide bonds. The minimum absolute atomic E-state index is 0.105. The second kappa shape index (κ2) is 6.84. The molecule has 0 aliphatic carbocycles. The van der Waals surface area contributed by atoms with Crippen molar-refractivity contribution < 1.29 is 19.4 Å². The molecular weight excluding hydrogens is 266 g/mol. The Morgan fingerprint density at radius 2 is 2.05 bits per heavy atom. The van der Waals surface area contributed by atoms with Gasteiger partial charge in [-0.3, -0.25) is 4.79 Å². The van der Waals surface area contributed by atoms with Crippen molar-refractivity contribution in [2.75, 3.05) is 21.2 Å². The highest BCUT2D eigenvalue weighted by Crippen LogP contribution is 2.31. The Bertz CT molecular complexity index is 511. The standard InChI is InChI=1S/C13H15NO4S/c1-14(2)13(17)19-11-6-4-9(5-7-12(15)16)8-10(11)18-3/h4-8H,1-3H3,(H,15,16). The number of nitrogens with zero attached hydrogens (tertiary/aromatic N) is 1. The average Bonchev–Trinajstić information content (AvgIpc) is 2.37. The van der Waals surface area contributed by atoms with E-state index in [-0.39, 0.29) is 5.24 Å². The van der Waals surface area contributed by atoms with E-state index in [1.54, 1.807) is 32.3 Å². The van der Waals surface area contributed by atoms with Crippen LogP contribution in [0.15, 0.2) is 29.2 Å². The Morgan fingerprint density at radius 3 is 2.58 bits per heavy atom. The van der Waals surface area contributed by atoms with Gasteiger partial charge in [0.1, 0.15) is 5.75 Å². The second-order valence-corrected chi connectivity index (χ2v) is 4.84. The smallest absolute Gasteiger partial charge is 0.328 e. The van der Waals surface area contributed by atoms with Gasteiger partial charge in [0.05, 0.1) is 12.0 Å². The van der Waals surface area contributed by atoms with Crippen molar-refractivity contribution in [3.05, 3.63) is 29.8 Å². The van der Waals surface area contributed by atoms with Gasteiger partial charge in [-0.2, -0.15) is 0 Å². The molecule has 0 fully saturated rings. The van der Waals surface area contributed by atoms with Gasteiger partial charge in [-0.1, -0.05) is 6.07 Å². The van der Waals surface area contributed by atoms with Crippen LogP contribution in [0.1, 0.15) is 5.56 Å². The highest BCUT2D eigenvalue weighted by Gasteiger charge is 2.11. The van der Waals surface area contributed by atoms with E-state index >= 15 is 0 Å². The third-order valence-electron chi connectivity index (χ3n) is 2.17. The first-order valence-electron chi connectivity index (χ1n) is 5.42. The molecule has 0 unspecified atom stereocenters. The summed E-state index contributed by atoms with van der Waals surface area (Å²) >= 11 is 1.06. The lowest BCUT2D eigenvalue weighted by molar-refractivity contribution is -0.131. The van der Waals surface area contributed by atoms with Crippen LogP contribution >= 0.6 is 11.8 Å². The molecule has 0 saturated heterocycles. The highest BCUT2D eigenvalue weighted by molar-refractivity contribution is 8.13. The number of benzene rings is 1. The summed E-state index contributed by atoms with van der Waals surface area (Å²) in [5.41, 5.74) is 0.695. The lowest BCUT2D eigenvalue weighted by atomic mass is 10.2. The van der Waals surface area contributed by atoms with Crippen LogP contribution in [-0.2, 0) is 4.79 Å². The van der Waals surface area contributed by atoms with Gasteiger partial charge < -0.3 is 14.7 Å². The zero-order chi connectivity index (χ0) is 14.4. The molecule has 0 heterocycles. The number of rotatable bonds is 4. The van der Waals surface area contributed by atoms with Crippen molar-refractivity contribution in [3.63, 3.8) is 0 Å². The second-order valence-electron chi connectivity index (χ2n) is 3.84. The summed E-state index contributed by atoms with van der Waals surface area (Å²) < 4.78 is 5.20. The number of hydrogen-bond acceptors (Lipinski definition) is 4. The van der Waals surface area contributed by atoms with Gasteiger partial charge in [0.25, 0.3) is 5.24 Å². The number of hydrogen-bond donors (Lipinski definition) is 1. The Hall–Kier alpha value is -1.95. The largest absolute Gasteiger partial charge is 0.496 e. The summed E-state index contributed by atoms with van der Waals surface area (Å²) in [5, 5.41) is 8.46. The molecule has 0 atom stereocenters. The monoisotopic (exact) mass is 281 g/mol. The maximum Gasteiger partial charge on any atom is 0.328 e. The normalized spacial score (nSPS) is 10.5. The van der Waals surface area contributed by atoms with E-state index in [1.807, 2.05) is 0 Å². The van der Waals surface area contributed by atoms with Crippen molar-refractivity contribution >= 4 is 29.0 Å². The number of carbonyl (C=O) groups excluding carboxylic acids is 1. The lowest BCUT2D eigenvalue weighted by Gasteiger charge is -2.12. The minimum atomic E-state index is -1.01. The summed E-state index contributed by atoms with van der Waals surface area (Å²) in [7, 11) is 4.85. The Kier molecular flexibility index (Phi) is 5.44. The number of carbonyl (C=O) groups is 2. The molecule has 6 heteroatoms. The summed E-state index contributed by atoms with van der Waals surface area (Å²) in [6.45, 7) is 0. The molecule has 1 N–H and O–H groups in total. The van der Waals surface area contributed by atoms with Crippen LogP contribution in [0.4, 0.5) is 4.79 Å². The van der Waals surface area contributed by atoms with Crippen LogP contribution in [0.2, 0.25) is 0 Å². The first-order chi connectivity index (χ1) is 8.93. The maximum absolute atomic E-state index is 11.6. The van der Waals surface area contributed by atoms with Crippen molar-refractivity contribution in [1.82, 2.24) is 4.90 Å². The number of carboxylic acids is 1. The van der Waals surface area contributed by atoms with Crippen LogP contribution in [0.25, 0.3) is 6.08 Å². The Morgan fingerprint density at radius 1 is 1.37 bits per heavy atom. The summed E-state index contributed by atoms with van der Waals surface area (Å²) in [6.07, 6.45) is 2.51. The van der Waals surface area contributed by atoms with E-state index in [2.05, 4.69) is 0 Å². The van der Waals surface area contributed by atoms with Gasteiger partial charge in [0.2, 0.25) is 0 Å². The van der Waals surface area contributed by atoms with Gasteiger partial charge >= 0.3 is 5.97 Å². The summed E-state index contributed by atoms with van der Waals surface area (Å²) in [5.74, 6) is -0.479. The number of amides is 1. The van der Waals surface area contributed by atoms with Gasteiger partial charge in [-0.15, -0.1) is 0 Å². The van der Waals surface area contributed by atoms with Crippen LogP contribution in [-0.4, -0.2) is 42.4 Å². The molecule has 102 valence electrons. The first kappa shape index (κ1) is 15.1. The zero-order valence-corrected chi connectivity index (χ0v) is 11.7. The zero-order valence-electron chi connectivity index (χ0n) is 10.9. The fourth-order valence-corrected chi connectivity index (χ4v) is 1.97. The molecular formula is C13H15NO4S. The van der Waals surface area contributed by atoms with Crippen molar-refractivity contribution in [2.45, 2.75) is 4.90 Å². The molecule has 1 rings (SSSR count). The number of aliphatic carboxylic acids is 1. The number of methoxy groups -OCH3 is 1. The highest BCUT2D eigenvalue weighted by atomic mass is 32.2. The predicted octanol–water partition coefficient (Wildman–Crippen LogP) is 2.57. The molecule has 5 nitrogen and oxygen atoms in total. The van der Waals surface area contributed by atoms with Crippen LogP contribution < -0.4 is 4.74 Å². The molecule has 0 aromatic heterocycles. The van der Waals surface area contributed by atoms with Crippen molar-refractivity contribution in [2.24, 2.45) is 0 Å². The first-order valence-corrected chi connectivity index (χ1v) is 6.24. The molecule has 0 bridgehead atoms. The van der Waals surface area contributed by atoms with E-state index in [4.69, 9.17) is 9.84 Å². The topological polar surface area (TPSA) is 66.8 Å². The molecule has 0 radical (unpaired) electrons. The fourth-order valence-electron chi connectivity index (χ4n) is 1.23. The fraction of sp³-hybridized carbons (Fsp3) is 0.231. The van der Waals surface area contributed by atoms with Crippen LogP contribution in [0.5, 0.6) is 5.75 Å². The Labute approximate surface area is 115 Å². The van der Waals surface area contributed by atoms with Crippen molar-refractivity contribution in [1.29, 1.82) is 0 Å². The van der Waals surface area contributed by atoms with E-state index in [9.17, 15) is 9.59 Å². The lowest BCUT2D eigenvalue weighted by Crippen LogP contribution is -2.16. The van der Waals surface area contributed by atoms with Crippen LogP contribution in [0.3, 0.4) is 0 Å². The van der Waals surface area contributed by atoms with Crippen LogP contribution in [0, 0.1) is 0 Å². The third-order valence-corrected chi connectivity index (χ3v) is 3.27. The van der Waals surface area contributed by atoms with Crippen molar-refractivity contribution in [3.8, 4) is 5.75 Å². The summed E-state index contributed by atoms with van der Waals surface area (Å²) in [4.78, 5) is 24.2. The average molecular weight is 281 g/mol. The third kappa shape index (κ3) is 4.67. The maximum atomic E-state index is 11.6. The molecule has 0 saturated carbocycles. The number of thioether (sulfide) groups is 1. The van der Waals surface area contributed by atoms with E-state index in [0.717, 1.165) is 17.8 Å². The van der Waals surface area contributed by atoms with E-state index in [0.29, 0.717) is 16.2 Å². The molecule has 0 spiro atoms. The quantitative estimate of drug-likeness (QED) is 0.678. The Balaban J connectivity index is 2.96. The molecule has 1 aromatic carbocycles. The molecule has 1 aromatic rings. The van der Waals surface area contributed by atoms with Gasteiger partial charge in [0, 0.05) is 20.2 Å². The molecule has 0 aliphatic heterocycles. The van der Waals surface area contributed by atoms with E-state index in [1.165, 1.54) is 18.1 Å².